The minimum Gasteiger partial charge on any atom is -0.468 e. The molecule has 1 unspecified atom stereocenters. The molecule has 0 radical (unpaired) electrons. The first-order valence-corrected chi connectivity index (χ1v) is 3.75. The van der Waals surface area contributed by atoms with Crippen LogP contribution in [0.3, 0.4) is 0 Å². The molecule has 0 aromatic heterocycles. The van der Waals surface area contributed by atoms with Gasteiger partial charge in [-0.15, -0.1) is 0 Å². The largest absolute Gasteiger partial charge is 0.468 e. The minimum absolute atomic E-state index is 0.379. The number of rotatable bonds is 2. The average Bonchev–Trinajstić information content (AvgIpc) is 2.64. The fourth-order valence-corrected chi connectivity index (χ4v) is 1.05. The van der Waals surface area contributed by atoms with E-state index in [1.54, 1.807) is 12.2 Å². The van der Waals surface area contributed by atoms with Crippen LogP contribution >= 0.6 is 0 Å². The van der Waals surface area contributed by atoms with Gasteiger partial charge in [0.25, 0.3) is 0 Å². The third-order valence-corrected chi connectivity index (χ3v) is 1.74. The van der Waals surface area contributed by atoms with E-state index >= 15 is 0 Å². The molecule has 0 saturated heterocycles. The summed E-state index contributed by atoms with van der Waals surface area (Å²) in [5, 5.41) is 0. The standard InChI is InChI=1S/C9H10O4/c1-12-8(10)6-3-4-7(5-6)9(11)13-2/h3-6H,1-2H3. The first-order valence-electron chi connectivity index (χ1n) is 3.75. The summed E-state index contributed by atoms with van der Waals surface area (Å²) in [6, 6.07) is 0. The SMILES string of the molecule is COC(=O)C1=CC(C(=O)OC)C=C1. The molecule has 0 spiro atoms. The second-order valence-corrected chi connectivity index (χ2v) is 2.52. The summed E-state index contributed by atoms with van der Waals surface area (Å²) in [6.07, 6.45) is 4.66. The average molecular weight is 182 g/mol. The van der Waals surface area contributed by atoms with Gasteiger partial charge in [-0.25, -0.2) is 4.79 Å². The van der Waals surface area contributed by atoms with E-state index in [1.807, 2.05) is 0 Å². The molecular formula is C9H10O4. The number of hydrogen-bond acceptors (Lipinski definition) is 4. The summed E-state index contributed by atoms with van der Waals surface area (Å²) in [4.78, 5) is 22.0. The number of ether oxygens (including phenoxy) is 2. The van der Waals surface area contributed by atoms with Crippen molar-refractivity contribution < 1.29 is 19.1 Å². The lowest BCUT2D eigenvalue weighted by Gasteiger charge is -2.00. The first-order chi connectivity index (χ1) is 6.19. The normalized spacial score (nSPS) is 19.5. The van der Waals surface area contributed by atoms with E-state index in [4.69, 9.17) is 0 Å². The number of carbonyl (C=O) groups is 2. The van der Waals surface area contributed by atoms with Gasteiger partial charge in [-0.2, -0.15) is 0 Å². The van der Waals surface area contributed by atoms with Crippen molar-refractivity contribution in [2.45, 2.75) is 0 Å². The Morgan fingerprint density at radius 2 is 2.00 bits per heavy atom. The quantitative estimate of drug-likeness (QED) is 0.581. The molecule has 0 heterocycles. The number of esters is 2. The molecule has 4 heteroatoms. The topological polar surface area (TPSA) is 52.6 Å². The van der Waals surface area contributed by atoms with Gasteiger partial charge in [0.1, 0.15) is 0 Å². The van der Waals surface area contributed by atoms with Crippen molar-refractivity contribution in [3.05, 3.63) is 23.8 Å². The fraction of sp³-hybridized carbons (Fsp3) is 0.333. The highest BCUT2D eigenvalue weighted by Gasteiger charge is 2.21. The van der Waals surface area contributed by atoms with Gasteiger partial charge in [0.05, 0.1) is 25.7 Å². The Hall–Kier alpha value is -1.58. The van der Waals surface area contributed by atoms with Gasteiger partial charge in [-0.3, -0.25) is 4.79 Å². The highest BCUT2D eigenvalue weighted by molar-refractivity contribution is 5.94. The van der Waals surface area contributed by atoms with Crippen molar-refractivity contribution >= 4 is 11.9 Å². The lowest BCUT2D eigenvalue weighted by molar-refractivity contribution is -0.142. The lowest BCUT2D eigenvalue weighted by Crippen LogP contribution is -2.10. The van der Waals surface area contributed by atoms with Crippen molar-refractivity contribution in [2.75, 3.05) is 14.2 Å². The van der Waals surface area contributed by atoms with E-state index in [1.165, 1.54) is 20.3 Å². The summed E-state index contributed by atoms with van der Waals surface area (Å²) < 4.78 is 8.99. The molecule has 0 fully saturated rings. The van der Waals surface area contributed by atoms with Crippen LogP contribution < -0.4 is 0 Å². The fourth-order valence-electron chi connectivity index (χ4n) is 1.05. The van der Waals surface area contributed by atoms with Gasteiger partial charge in [0, 0.05) is 0 Å². The maximum atomic E-state index is 11.0. The van der Waals surface area contributed by atoms with E-state index in [0.29, 0.717) is 5.57 Å². The highest BCUT2D eigenvalue weighted by Crippen LogP contribution is 2.17. The lowest BCUT2D eigenvalue weighted by atomic mass is 10.2. The maximum absolute atomic E-state index is 11.0. The molecule has 0 aromatic carbocycles. The molecule has 1 atom stereocenters. The van der Waals surface area contributed by atoms with Crippen LogP contribution in [0.5, 0.6) is 0 Å². The number of methoxy groups -OCH3 is 2. The minimum atomic E-state index is -0.459. The molecule has 1 aliphatic rings. The van der Waals surface area contributed by atoms with Gasteiger partial charge in [0.15, 0.2) is 0 Å². The predicted molar refractivity (Wildman–Crippen MR) is 44.7 cm³/mol. The molecule has 0 aliphatic heterocycles. The summed E-state index contributed by atoms with van der Waals surface area (Å²) in [5.41, 5.74) is 0.387. The van der Waals surface area contributed by atoms with Gasteiger partial charge in [-0.05, 0) is 0 Å². The summed E-state index contributed by atoms with van der Waals surface area (Å²) >= 11 is 0. The van der Waals surface area contributed by atoms with Crippen molar-refractivity contribution in [3.8, 4) is 0 Å². The molecule has 4 nitrogen and oxygen atoms in total. The second kappa shape index (κ2) is 3.89. The Kier molecular flexibility index (Phi) is 2.84. The molecule has 0 aromatic rings. The zero-order valence-electron chi connectivity index (χ0n) is 7.44. The molecule has 0 bridgehead atoms. The molecule has 0 amide bonds. The van der Waals surface area contributed by atoms with E-state index in [2.05, 4.69) is 9.47 Å². The highest BCUT2D eigenvalue weighted by atomic mass is 16.5. The Labute approximate surface area is 75.8 Å². The van der Waals surface area contributed by atoms with Crippen molar-refractivity contribution in [3.63, 3.8) is 0 Å². The maximum Gasteiger partial charge on any atom is 0.337 e. The van der Waals surface area contributed by atoms with Crippen LogP contribution in [0, 0.1) is 5.92 Å². The summed E-state index contributed by atoms with van der Waals surface area (Å²) in [7, 11) is 2.60. The molecule has 0 saturated carbocycles. The Bertz CT molecular complexity index is 288. The second-order valence-electron chi connectivity index (χ2n) is 2.52. The van der Waals surface area contributed by atoms with Crippen molar-refractivity contribution in [1.82, 2.24) is 0 Å². The zero-order valence-corrected chi connectivity index (χ0v) is 7.44. The first kappa shape index (κ1) is 9.51. The third-order valence-electron chi connectivity index (χ3n) is 1.74. The Balaban J connectivity index is 2.70. The smallest absolute Gasteiger partial charge is 0.337 e. The van der Waals surface area contributed by atoms with Crippen LogP contribution in [-0.4, -0.2) is 26.2 Å². The Morgan fingerprint density at radius 1 is 1.31 bits per heavy atom. The van der Waals surface area contributed by atoms with E-state index < -0.39 is 11.9 Å². The molecule has 13 heavy (non-hydrogen) atoms. The van der Waals surface area contributed by atoms with Crippen LogP contribution in [-0.2, 0) is 19.1 Å². The van der Waals surface area contributed by atoms with Crippen LogP contribution in [0.2, 0.25) is 0 Å². The van der Waals surface area contributed by atoms with E-state index in [9.17, 15) is 9.59 Å². The van der Waals surface area contributed by atoms with Crippen molar-refractivity contribution in [1.29, 1.82) is 0 Å². The zero-order chi connectivity index (χ0) is 9.84. The van der Waals surface area contributed by atoms with Gasteiger partial charge >= 0.3 is 11.9 Å². The van der Waals surface area contributed by atoms with Gasteiger partial charge in [-0.1, -0.05) is 18.2 Å². The van der Waals surface area contributed by atoms with E-state index in [-0.39, 0.29) is 5.97 Å². The monoisotopic (exact) mass is 182 g/mol. The van der Waals surface area contributed by atoms with Gasteiger partial charge in [0.2, 0.25) is 0 Å². The number of carbonyl (C=O) groups excluding carboxylic acids is 2. The molecule has 1 aliphatic carbocycles. The predicted octanol–water partition coefficient (Wildman–Crippen LogP) is 0.445. The van der Waals surface area contributed by atoms with Crippen LogP contribution in [0.1, 0.15) is 0 Å². The van der Waals surface area contributed by atoms with Crippen LogP contribution in [0.25, 0.3) is 0 Å². The summed E-state index contributed by atoms with van der Waals surface area (Å²) in [6.45, 7) is 0. The Morgan fingerprint density at radius 3 is 2.54 bits per heavy atom. The molecule has 0 N–H and O–H groups in total. The molecular weight excluding hydrogens is 172 g/mol. The number of hydrogen-bond donors (Lipinski definition) is 0. The molecule has 1 rings (SSSR count). The van der Waals surface area contributed by atoms with Crippen molar-refractivity contribution in [2.24, 2.45) is 5.92 Å². The summed E-state index contributed by atoms with van der Waals surface area (Å²) in [5.74, 6) is -1.28. The van der Waals surface area contributed by atoms with Crippen LogP contribution in [0.15, 0.2) is 23.8 Å². The van der Waals surface area contributed by atoms with E-state index in [0.717, 1.165) is 0 Å². The third kappa shape index (κ3) is 1.96. The van der Waals surface area contributed by atoms with Crippen LogP contribution in [0.4, 0.5) is 0 Å². The molecule has 70 valence electrons. The van der Waals surface area contributed by atoms with Gasteiger partial charge < -0.3 is 9.47 Å².